The van der Waals surface area contributed by atoms with E-state index in [-0.39, 0.29) is 12.3 Å². The quantitative estimate of drug-likeness (QED) is 0.847. The SMILES string of the molecule is O=C(O)CC1CN(C(=O)Cc2ccncc2)CCO1. The van der Waals surface area contributed by atoms with Crippen molar-refractivity contribution >= 4 is 11.9 Å². The van der Waals surface area contributed by atoms with Gasteiger partial charge in [0.15, 0.2) is 0 Å². The molecule has 1 amide bonds. The van der Waals surface area contributed by atoms with Crippen LogP contribution < -0.4 is 0 Å². The fraction of sp³-hybridized carbons (Fsp3) is 0.462. The Bertz CT molecular complexity index is 449. The van der Waals surface area contributed by atoms with Crippen LogP contribution in [-0.4, -0.2) is 52.7 Å². The van der Waals surface area contributed by atoms with E-state index in [1.165, 1.54) is 0 Å². The van der Waals surface area contributed by atoms with Crippen LogP contribution in [0.2, 0.25) is 0 Å². The van der Waals surface area contributed by atoms with Gasteiger partial charge in [0.25, 0.3) is 0 Å². The van der Waals surface area contributed by atoms with E-state index in [9.17, 15) is 9.59 Å². The molecule has 1 aromatic heterocycles. The first-order valence-electron chi connectivity index (χ1n) is 6.15. The summed E-state index contributed by atoms with van der Waals surface area (Å²) in [4.78, 5) is 28.3. The summed E-state index contributed by atoms with van der Waals surface area (Å²) >= 11 is 0. The smallest absolute Gasteiger partial charge is 0.306 e. The van der Waals surface area contributed by atoms with Crippen LogP contribution in [0.15, 0.2) is 24.5 Å². The molecule has 6 heteroatoms. The van der Waals surface area contributed by atoms with Crippen molar-refractivity contribution in [3.63, 3.8) is 0 Å². The molecular formula is C13H16N2O4. The number of nitrogens with zero attached hydrogens (tertiary/aromatic N) is 2. The molecule has 2 heterocycles. The molecule has 0 saturated carbocycles. The molecule has 0 aromatic carbocycles. The number of carbonyl (C=O) groups is 2. The molecule has 2 rings (SSSR count). The number of carboxylic acid groups (broad SMARTS) is 1. The van der Waals surface area contributed by atoms with Crippen molar-refractivity contribution in [2.45, 2.75) is 18.9 Å². The molecule has 1 aliphatic rings. The average Bonchev–Trinajstić information content (AvgIpc) is 2.39. The molecule has 1 aromatic rings. The Morgan fingerprint density at radius 3 is 2.84 bits per heavy atom. The fourth-order valence-corrected chi connectivity index (χ4v) is 2.05. The number of pyridine rings is 1. The number of aromatic nitrogens is 1. The summed E-state index contributed by atoms with van der Waals surface area (Å²) in [6.45, 7) is 1.25. The van der Waals surface area contributed by atoms with Gasteiger partial charge >= 0.3 is 5.97 Å². The van der Waals surface area contributed by atoms with Gasteiger partial charge in [-0.1, -0.05) is 0 Å². The van der Waals surface area contributed by atoms with Crippen LogP contribution in [0.1, 0.15) is 12.0 Å². The van der Waals surface area contributed by atoms with Gasteiger partial charge in [-0.25, -0.2) is 0 Å². The zero-order chi connectivity index (χ0) is 13.7. The van der Waals surface area contributed by atoms with E-state index in [2.05, 4.69) is 4.98 Å². The van der Waals surface area contributed by atoms with E-state index in [1.54, 1.807) is 29.4 Å². The van der Waals surface area contributed by atoms with Gasteiger partial charge in [0.2, 0.25) is 5.91 Å². The van der Waals surface area contributed by atoms with Crippen LogP contribution in [0.5, 0.6) is 0 Å². The van der Waals surface area contributed by atoms with Crippen molar-refractivity contribution in [3.8, 4) is 0 Å². The molecule has 0 bridgehead atoms. The Morgan fingerprint density at radius 1 is 1.42 bits per heavy atom. The summed E-state index contributed by atoms with van der Waals surface area (Å²) in [5.41, 5.74) is 0.904. The predicted molar refractivity (Wildman–Crippen MR) is 66.5 cm³/mol. The van der Waals surface area contributed by atoms with Crippen molar-refractivity contribution in [1.29, 1.82) is 0 Å². The summed E-state index contributed by atoms with van der Waals surface area (Å²) in [7, 11) is 0. The average molecular weight is 264 g/mol. The van der Waals surface area contributed by atoms with E-state index < -0.39 is 12.1 Å². The molecule has 1 fully saturated rings. The monoisotopic (exact) mass is 264 g/mol. The first kappa shape index (κ1) is 13.5. The highest BCUT2D eigenvalue weighted by atomic mass is 16.5. The van der Waals surface area contributed by atoms with Gasteiger partial charge < -0.3 is 14.7 Å². The van der Waals surface area contributed by atoms with E-state index in [4.69, 9.17) is 9.84 Å². The van der Waals surface area contributed by atoms with Gasteiger partial charge in [-0.05, 0) is 17.7 Å². The molecule has 1 unspecified atom stereocenters. The molecular weight excluding hydrogens is 248 g/mol. The molecule has 102 valence electrons. The molecule has 0 radical (unpaired) electrons. The minimum absolute atomic E-state index is 0.00936. The maximum absolute atomic E-state index is 12.1. The van der Waals surface area contributed by atoms with Crippen molar-refractivity contribution in [2.24, 2.45) is 0 Å². The maximum atomic E-state index is 12.1. The third-order valence-electron chi connectivity index (χ3n) is 3.00. The second-order valence-electron chi connectivity index (χ2n) is 4.46. The van der Waals surface area contributed by atoms with E-state index in [0.717, 1.165) is 5.56 Å². The normalized spacial score (nSPS) is 19.2. The number of rotatable bonds is 4. The Hall–Kier alpha value is -1.95. The van der Waals surface area contributed by atoms with Crippen molar-refractivity contribution in [1.82, 2.24) is 9.88 Å². The number of carbonyl (C=O) groups excluding carboxylic acids is 1. The highest BCUT2D eigenvalue weighted by molar-refractivity contribution is 5.79. The van der Waals surface area contributed by atoms with Crippen LogP contribution in [0.3, 0.4) is 0 Å². The number of ether oxygens (including phenoxy) is 1. The minimum atomic E-state index is -0.909. The third kappa shape index (κ3) is 4.03. The number of morpholine rings is 1. The Balaban J connectivity index is 1.90. The van der Waals surface area contributed by atoms with Crippen molar-refractivity contribution in [2.75, 3.05) is 19.7 Å². The fourth-order valence-electron chi connectivity index (χ4n) is 2.05. The maximum Gasteiger partial charge on any atom is 0.306 e. The van der Waals surface area contributed by atoms with Gasteiger partial charge in [0, 0.05) is 25.5 Å². The first-order valence-corrected chi connectivity index (χ1v) is 6.15. The molecule has 19 heavy (non-hydrogen) atoms. The lowest BCUT2D eigenvalue weighted by atomic mass is 10.1. The molecule has 1 N–H and O–H groups in total. The lowest BCUT2D eigenvalue weighted by Gasteiger charge is -2.32. The van der Waals surface area contributed by atoms with Gasteiger partial charge in [-0.15, -0.1) is 0 Å². The van der Waals surface area contributed by atoms with Crippen LogP contribution in [-0.2, 0) is 20.7 Å². The van der Waals surface area contributed by atoms with E-state index >= 15 is 0 Å². The zero-order valence-corrected chi connectivity index (χ0v) is 10.5. The summed E-state index contributed by atoms with van der Waals surface area (Å²) in [6.07, 6.45) is 3.12. The van der Waals surface area contributed by atoms with Crippen LogP contribution in [0.25, 0.3) is 0 Å². The lowest BCUT2D eigenvalue weighted by molar-refractivity contribution is -0.147. The van der Waals surface area contributed by atoms with E-state index in [0.29, 0.717) is 26.1 Å². The Labute approximate surface area is 111 Å². The van der Waals surface area contributed by atoms with Crippen molar-refractivity contribution < 1.29 is 19.4 Å². The third-order valence-corrected chi connectivity index (χ3v) is 3.00. The molecule has 1 atom stereocenters. The minimum Gasteiger partial charge on any atom is -0.481 e. The number of amides is 1. The summed E-state index contributed by atoms with van der Waals surface area (Å²) < 4.78 is 5.33. The second kappa shape index (κ2) is 6.29. The van der Waals surface area contributed by atoms with Gasteiger partial charge in [0.1, 0.15) is 0 Å². The van der Waals surface area contributed by atoms with Crippen LogP contribution in [0, 0.1) is 0 Å². The van der Waals surface area contributed by atoms with Crippen molar-refractivity contribution in [3.05, 3.63) is 30.1 Å². The second-order valence-corrected chi connectivity index (χ2v) is 4.46. The topological polar surface area (TPSA) is 79.7 Å². The number of aliphatic carboxylic acids is 1. The van der Waals surface area contributed by atoms with Gasteiger partial charge in [-0.2, -0.15) is 0 Å². The number of carboxylic acids is 1. The highest BCUT2D eigenvalue weighted by Gasteiger charge is 2.25. The van der Waals surface area contributed by atoms with Crippen LogP contribution in [0.4, 0.5) is 0 Å². The molecule has 1 saturated heterocycles. The first-order chi connectivity index (χ1) is 9.15. The predicted octanol–water partition coefficient (Wildman–Crippen LogP) is 0.326. The lowest BCUT2D eigenvalue weighted by Crippen LogP contribution is -2.46. The Kier molecular flexibility index (Phi) is 4.46. The molecule has 0 aliphatic carbocycles. The van der Waals surface area contributed by atoms with E-state index in [1.807, 2.05) is 0 Å². The highest BCUT2D eigenvalue weighted by Crippen LogP contribution is 2.11. The number of hydrogen-bond acceptors (Lipinski definition) is 4. The largest absolute Gasteiger partial charge is 0.481 e. The molecule has 0 spiro atoms. The number of hydrogen-bond donors (Lipinski definition) is 1. The molecule has 1 aliphatic heterocycles. The van der Waals surface area contributed by atoms with Crippen LogP contribution >= 0.6 is 0 Å². The summed E-state index contributed by atoms with van der Waals surface area (Å²) in [5, 5.41) is 8.74. The van der Waals surface area contributed by atoms with Gasteiger partial charge in [-0.3, -0.25) is 14.6 Å². The standard InChI is InChI=1S/C13H16N2O4/c16-12(7-10-1-3-14-4-2-10)15-5-6-19-11(9-15)8-13(17)18/h1-4,11H,5-9H2,(H,17,18). The molecule has 6 nitrogen and oxygen atoms in total. The summed E-state index contributed by atoms with van der Waals surface area (Å²) in [5.74, 6) is -0.918. The zero-order valence-electron chi connectivity index (χ0n) is 10.5. The van der Waals surface area contributed by atoms with Gasteiger partial charge in [0.05, 0.1) is 25.6 Å². The summed E-state index contributed by atoms with van der Waals surface area (Å²) in [6, 6.07) is 3.60. The Morgan fingerprint density at radius 2 is 2.16 bits per heavy atom.